The predicted octanol–water partition coefficient (Wildman–Crippen LogP) is 5.38. The summed E-state index contributed by atoms with van der Waals surface area (Å²) in [6.07, 6.45) is 5.71. The van der Waals surface area contributed by atoms with Crippen molar-refractivity contribution in [3.8, 4) is 0 Å². The molecule has 28 heavy (non-hydrogen) atoms. The third kappa shape index (κ3) is 4.60. The van der Waals surface area contributed by atoms with Gasteiger partial charge in [-0.25, -0.2) is 4.98 Å². The van der Waals surface area contributed by atoms with Gasteiger partial charge in [0.25, 0.3) is 0 Å². The minimum Gasteiger partial charge on any atom is -0.372 e. The van der Waals surface area contributed by atoms with Gasteiger partial charge in [0.2, 0.25) is 5.95 Å². The molecule has 144 valence electrons. The summed E-state index contributed by atoms with van der Waals surface area (Å²) < 4.78 is 0. The van der Waals surface area contributed by atoms with Crippen molar-refractivity contribution < 1.29 is 0 Å². The molecule has 1 atom stereocenters. The van der Waals surface area contributed by atoms with E-state index in [4.69, 9.17) is 0 Å². The van der Waals surface area contributed by atoms with Crippen LogP contribution in [-0.2, 0) is 0 Å². The molecule has 1 aliphatic heterocycles. The highest BCUT2D eigenvalue weighted by molar-refractivity contribution is 5.61. The minimum atomic E-state index is 0.139. The quantitative estimate of drug-likeness (QED) is 0.607. The highest BCUT2D eigenvalue weighted by Gasteiger charge is 2.11. The maximum Gasteiger partial charge on any atom is 0.225 e. The zero-order valence-electron chi connectivity index (χ0n) is 16.3. The largest absolute Gasteiger partial charge is 0.372 e. The number of hydrogen-bond acceptors (Lipinski definition) is 5. The van der Waals surface area contributed by atoms with Crippen molar-refractivity contribution in [2.24, 2.45) is 0 Å². The Balaban J connectivity index is 1.40. The molecule has 1 unspecified atom stereocenters. The molecular weight excluding hydrogens is 346 g/mol. The van der Waals surface area contributed by atoms with Crippen LogP contribution in [0.15, 0.2) is 66.9 Å². The Kier molecular flexibility index (Phi) is 5.71. The Morgan fingerprint density at radius 3 is 2.39 bits per heavy atom. The van der Waals surface area contributed by atoms with Gasteiger partial charge in [-0.15, -0.1) is 0 Å². The number of piperidine rings is 1. The maximum atomic E-state index is 4.60. The van der Waals surface area contributed by atoms with Crippen LogP contribution < -0.4 is 15.5 Å². The molecule has 5 heteroatoms. The molecule has 5 nitrogen and oxygen atoms in total. The smallest absolute Gasteiger partial charge is 0.225 e. The Hall–Kier alpha value is -3.08. The number of aromatic nitrogens is 2. The second-order valence-corrected chi connectivity index (χ2v) is 7.26. The number of nitrogens with zero attached hydrogens (tertiary/aromatic N) is 3. The van der Waals surface area contributed by atoms with Gasteiger partial charge >= 0.3 is 0 Å². The van der Waals surface area contributed by atoms with Gasteiger partial charge in [0.15, 0.2) is 0 Å². The van der Waals surface area contributed by atoms with Crippen LogP contribution in [0.4, 0.5) is 23.1 Å². The predicted molar refractivity (Wildman–Crippen MR) is 116 cm³/mol. The SMILES string of the molecule is CC(Nc1nccc(Nc2ccc(N3CCCCC3)cc2)n1)c1ccccc1. The zero-order chi connectivity index (χ0) is 19.2. The monoisotopic (exact) mass is 373 g/mol. The summed E-state index contributed by atoms with van der Waals surface area (Å²) in [6.45, 7) is 4.43. The topological polar surface area (TPSA) is 53.1 Å². The van der Waals surface area contributed by atoms with Gasteiger partial charge in [-0.05, 0) is 62.1 Å². The molecule has 2 N–H and O–H groups in total. The summed E-state index contributed by atoms with van der Waals surface area (Å²) in [6, 6.07) is 20.9. The van der Waals surface area contributed by atoms with Crippen LogP contribution in [0, 0.1) is 0 Å². The molecule has 1 fully saturated rings. The van der Waals surface area contributed by atoms with Gasteiger partial charge in [-0.2, -0.15) is 4.98 Å². The first kappa shape index (κ1) is 18.3. The normalized spacial score (nSPS) is 15.1. The van der Waals surface area contributed by atoms with Gasteiger partial charge in [-0.3, -0.25) is 0 Å². The van der Waals surface area contributed by atoms with E-state index in [0.717, 1.165) is 24.6 Å². The molecule has 1 saturated heterocycles. The van der Waals surface area contributed by atoms with Crippen molar-refractivity contribution in [3.63, 3.8) is 0 Å². The van der Waals surface area contributed by atoms with E-state index in [2.05, 4.69) is 68.8 Å². The van der Waals surface area contributed by atoms with E-state index in [1.54, 1.807) is 6.20 Å². The summed E-state index contributed by atoms with van der Waals surface area (Å²) >= 11 is 0. The summed E-state index contributed by atoms with van der Waals surface area (Å²) in [5, 5.41) is 6.75. The van der Waals surface area contributed by atoms with Gasteiger partial charge in [-0.1, -0.05) is 30.3 Å². The van der Waals surface area contributed by atoms with E-state index in [-0.39, 0.29) is 6.04 Å². The fraction of sp³-hybridized carbons (Fsp3) is 0.304. The highest BCUT2D eigenvalue weighted by Crippen LogP contribution is 2.24. The molecule has 1 aromatic heterocycles. The summed E-state index contributed by atoms with van der Waals surface area (Å²) in [5.74, 6) is 1.40. The molecule has 0 radical (unpaired) electrons. The third-order valence-electron chi connectivity index (χ3n) is 5.16. The van der Waals surface area contributed by atoms with Crippen LogP contribution in [0.25, 0.3) is 0 Å². The molecule has 4 rings (SSSR count). The number of hydrogen-bond donors (Lipinski definition) is 2. The fourth-order valence-corrected chi connectivity index (χ4v) is 3.57. The third-order valence-corrected chi connectivity index (χ3v) is 5.16. The number of nitrogens with one attached hydrogen (secondary N) is 2. The van der Waals surface area contributed by atoms with E-state index in [9.17, 15) is 0 Å². The van der Waals surface area contributed by atoms with Gasteiger partial charge in [0.1, 0.15) is 5.82 Å². The Morgan fingerprint density at radius 1 is 0.893 bits per heavy atom. The molecule has 0 spiro atoms. The van der Waals surface area contributed by atoms with E-state index in [1.165, 1.54) is 30.5 Å². The van der Waals surface area contributed by atoms with Crippen molar-refractivity contribution in [2.75, 3.05) is 28.6 Å². The molecule has 0 bridgehead atoms. The molecule has 3 aromatic rings. The van der Waals surface area contributed by atoms with Crippen molar-refractivity contribution in [3.05, 3.63) is 72.4 Å². The standard InChI is InChI=1S/C23H27N5/c1-18(19-8-4-2-5-9-19)25-23-24-15-14-22(27-23)26-20-10-12-21(13-11-20)28-16-6-3-7-17-28/h2,4-5,8-15,18H,3,6-7,16-17H2,1H3,(H2,24,25,26,27). The van der Waals surface area contributed by atoms with Crippen molar-refractivity contribution in [2.45, 2.75) is 32.2 Å². The lowest BCUT2D eigenvalue weighted by atomic mass is 10.1. The van der Waals surface area contributed by atoms with Gasteiger partial charge < -0.3 is 15.5 Å². The second kappa shape index (κ2) is 8.74. The molecule has 0 aliphatic carbocycles. The maximum absolute atomic E-state index is 4.60. The Labute approximate surface area is 166 Å². The van der Waals surface area contributed by atoms with Crippen LogP contribution in [0.1, 0.15) is 37.8 Å². The van der Waals surface area contributed by atoms with Crippen molar-refractivity contribution >= 4 is 23.1 Å². The van der Waals surface area contributed by atoms with Crippen molar-refractivity contribution in [1.29, 1.82) is 0 Å². The highest BCUT2D eigenvalue weighted by atomic mass is 15.2. The minimum absolute atomic E-state index is 0.139. The first-order valence-electron chi connectivity index (χ1n) is 10.0. The van der Waals surface area contributed by atoms with Crippen LogP contribution >= 0.6 is 0 Å². The van der Waals surface area contributed by atoms with E-state index in [0.29, 0.717) is 5.95 Å². The summed E-state index contributed by atoms with van der Waals surface area (Å²) in [4.78, 5) is 11.4. The first-order chi connectivity index (χ1) is 13.8. The average Bonchev–Trinajstić information content (AvgIpc) is 2.76. The molecule has 1 aliphatic rings. The number of anilines is 4. The molecular formula is C23H27N5. The van der Waals surface area contributed by atoms with E-state index < -0.39 is 0 Å². The van der Waals surface area contributed by atoms with Gasteiger partial charge in [0.05, 0.1) is 6.04 Å². The lowest BCUT2D eigenvalue weighted by Crippen LogP contribution is -2.29. The van der Waals surface area contributed by atoms with Crippen LogP contribution in [-0.4, -0.2) is 23.1 Å². The average molecular weight is 374 g/mol. The molecule has 2 heterocycles. The summed E-state index contributed by atoms with van der Waals surface area (Å²) in [5.41, 5.74) is 3.53. The summed E-state index contributed by atoms with van der Waals surface area (Å²) in [7, 11) is 0. The number of rotatable bonds is 6. The lowest BCUT2D eigenvalue weighted by molar-refractivity contribution is 0.578. The van der Waals surface area contributed by atoms with Gasteiger partial charge in [0, 0.05) is 30.7 Å². The second-order valence-electron chi connectivity index (χ2n) is 7.26. The molecule has 0 saturated carbocycles. The lowest BCUT2D eigenvalue weighted by Gasteiger charge is -2.28. The number of benzene rings is 2. The Bertz CT molecular complexity index is 873. The van der Waals surface area contributed by atoms with Crippen LogP contribution in [0.3, 0.4) is 0 Å². The van der Waals surface area contributed by atoms with Crippen LogP contribution in [0.5, 0.6) is 0 Å². The molecule has 2 aromatic carbocycles. The first-order valence-corrected chi connectivity index (χ1v) is 10.0. The van der Waals surface area contributed by atoms with Crippen LogP contribution in [0.2, 0.25) is 0 Å². The van der Waals surface area contributed by atoms with E-state index >= 15 is 0 Å². The Morgan fingerprint density at radius 2 is 1.64 bits per heavy atom. The van der Waals surface area contributed by atoms with E-state index in [1.807, 2.05) is 24.3 Å². The van der Waals surface area contributed by atoms with Crippen molar-refractivity contribution in [1.82, 2.24) is 9.97 Å². The fourth-order valence-electron chi connectivity index (χ4n) is 3.57. The zero-order valence-corrected chi connectivity index (χ0v) is 16.3. The molecule has 0 amide bonds.